The molecule has 24 heavy (non-hydrogen) atoms. The molecule has 0 N–H and O–H groups in total. The van der Waals surface area contributed by atoms with E-state index in [1.54, 1.807) is 17.2 Å². The van der Waals surface area contributed by atoms with Crippen molar-refractivity contribution in [1.82, 2.24) is 9.88 Å². The Labute approximate surface area is 147 Å². The maximum atomic E-state index is 12.1. The molecule has 1 amide bonds. The maximum Gasteiger partial charge on any atom is 0.410 e. The minimum absolute atomic E-state index is 0.259. The zero-order chi connectivity index (χ0) is 17.3. The Balaban J connectivity index is 1.77. The second kappa shape index (κ2) is 6.44. The van der Waals surface area contributed by atoms with Crippen LogP contribution in [0.15, 0.2) is 36.5 Å². The van der Waals surface area contributed by atoms with E-state index in [1.165, 1.54) is 5.57 Å². The van der Waals surface area contributed by atoms with Crippen LogP contribution < -0.4 is 0 Å². The van der Waals surface area contributed by atoms with Crippen molar-refractivity contribution >= 4 is 34.2 Å². The van der Waals surface area contributed by atoms with Gasteiger partial charge >= 0.3 is 6.09 Å². The van der Waals surface area contributed by atoms with Gasteiger partial charge < -0.3 is 9.64 Å². The fraction of sp³-hybridized carbons (Fsp3) is 0.368. The molecule has 3 rings (SSSR count). The Hall–Kier alpha value is -2.07. The molecule has 0 fully saturated rings. The predicted octanol–water partition coefficient (Wildman–Crippen LogP) is 4.91. The number of hydrogen-bond acceptors (Lipinski definition) is 3. The number of ether oxygens (including phenoxy) is 1. The molecule has 0 atom stereocenters. The fourth-order valence-corrected chi connectivity index (χ4v) is 2.95. The van der Waals surface area contributed by atoms with E-state index in [9.17, 15) is 4.79 Å². The topological polar surface area (TPSA) is 42.4 Å². The third-order valence-electron chi connectivity index (χ3n) is 3.92. The first-order valence-electron chi connectivity index (χ1n) is 8.05. The van der Waals surface area contributed by atoms with Crippen LogP contribution in [-0.2, 0) is 4.74 Å². The molecule has 0 spiro atoms. The Morgan fingerprint density at radius 2 is 2.08 bits per heavy atom. The standard InChI is InChI=1S/C19H21ClN2O2/c1-19(2,3)24-18(23)22-10-7-13(8-11-22)14-4-5-15-16(20)6-9-21-17(15)12-14/h4-7,9,12H,8,10-11H2,1-3H3. The van der Waals surface area contributed by atoms with Crippen molar-refractivity contribution in [1.29, 1.82) is 0 Å². The zero-order valence-corrected chi connectivity index (χ0v) is 14.9. The molecule has 2 heterocycles. The van der Waals surface area contributed by atoms with Crippen LogP contribution in [0.25, 0.3) is 16.5 Å². The van der Waals surface area contributed by atoms with Crippen molar-refractivity contribution in [2.75, 3.05) is 13.1 Å². The molecular weight excluding hydrogens is 324 g/mol. The van der Waals surface area contributed by atoms with Gasteiger partial charge in [0.1, 0.15) is 5.60 Å². The third-order valence-corrected chi connectivity index (χ3v) is 4.25. The molecule has 5 heteroatoms. The number of rotatable bonds is 1. The molecule has 0 saturated heterocycles. The highest BCUT2D eigenvalue weighted by molar-refractivity contribution is 6.35. The van der Waals surface area contributed by atoms with E-state index in [0.29, 0.717) is 18.1 Å². The summed E-state index contributed by atoms with van der Waals surface area (Å²) in [6.07, 6.45) is 4.34. The molecule has 0 aliphatic carbocycles. The highest BCUT2D eigenvalue weighted by Crippen LogP contribution is 2.28. The molecule has 0 bridgehead atoms. The van der Waals surface area contributed by atoms with Gasteiger partial charge in [-0.05, 0) is 50.5 Å². The van der Waals surface area contributed by atoms with Gasteiger partial charge in [0.25, 0.3) is 0 Å². The molecule has 0 unspecified atom stereocenters. The Morgan fingerprint density at radius 3 is 2.75 bits per heavy atom. The van der Waals surface area contributed by atoms with E-state index in [2.05, 4.69) is 23.2 Å². The summed E-state index contributed by atoms with van der Waals surface area (Å²) in [6, 6.07) is 7.91. The molecular formula is C19H21ClN2O2. The van der Waals surface area contributed by atoms with Gasteiger partial charge in [-0.3, -0.25) is 4.98 Å². The largest absolute Gasteiger partial charge is 0.444 e. The minimum atomic E-state index is -0.468. The molecule has 2 aromatic rings. The second-order valence-electron chi connectivity index (χ2n) is 6.93. The molecule has 1 aromatic heterocycles. The zero-order valence-electron chi connectivity index (χ0n) is 14.2. The van der Waals surface area contributed by atoms with Crippen LogP contribution >= 0.6 is 11.6 Å². The number of carbonyl (C=O) groups is 1. The van der Waals surface area contributed by atoms with E-state index >= 15 is 0 Å². The summed E-state index contributed by atoms with van der Waals surface area (Å²) in [5.41, 5.74) is 2.76. The van der Waals surface area contributed by atoms with E-state index in [-0.39, 0.29) is 6.09 Å². The number of aromatic nitrogens is 1. The first-order valence-corrected chi connectivity index (χ1v) is 8.43. The normalized spacial score (nSPS) is 15.3. The summed E-state index contributed by atoms with van der Waals surface area (Å²) in [5, 5.41) is 1.66. The van der Waals surface area contributed by atoms with E-state index in [1.807, 2.05) is 26.8 Å². The minimum Gasteiger partial charge on any atom is -0.444 e. The van der Waals surface area contributed by atoms with Crippen molar-refractivity contribution in [3.63, 3.8) is 0 Å². The lowest BCUT2D eigenvalue weighted by molar-refractivity contribution is 0.0270. The number of carbonyl (C=O) groups excluding carboxylic acids is 1. The lowest BCUT2D eigenvalue weighted by atomic mass is 9.98. The summed E-state index contributed by atoms with van der Waals surface area (Å²) in [4.78, 5) is 18.2. The lowest BCUT2D eigenvalue weighted by Crippen LogP contribution is -2.39. The van der Waals surface area contributed by atoms with Crippen molar-refractivity contribution in [3.05, 3.63) is 47.1 Å². The van der Waals surface area contributed by atoms with E-state index in [4.69, 9.17) is 16.3 Å². The fourth-order valence-electron chi connectivity index (χ4n) is 2.74. The first-order chi connectivity index (χ1) is 11.3. The van der Waals surface area contributed by atoms with Gasteiger partial charge in [-0.2, -0.15) is 0 Å². The number of halogens is 1. The van der Waals surface area contributed by atoms with Crippen molar-refractivity contribution in [3.8, 4) is 0 Å². The molecule has 4 nitrogen and oxygen atoms in total. The quantitative estimate of drug-likeness (QED) is 0.738. The number of hydrogen-bond donors (Lipinski definition) is 0. The number of nitrogens with zero attached hydrogens (tertiary/aromatic N) is 2. The SMILES string of the molecule is CC(C)(C)OC(=O)N1CC=C(c2ccc3c(Cl)ccnc3c2)CC1. The molecule has 0 saturated carbocycles. The van der Waals surface area contributed by atoms with Crippen molar-refractivity contribution in [2.24, 2.45) is 0 Å². The van der Waals surface area contributed by atoms with Gasteiger partial charge in [-0.15, -0.1) is 0 Å². The monoisotopic (exact) mass is 344 g/mol. The van der Waals surface area contributed by atoms with Gasteiger partial charge in [0.2, 0.25) is 0 Å². The molecule has 126 valence electrons. The predicted molar refractivity (Wildman–Crippen MR) is 97.2 cm³/mol. The second-order valence-corrected chi connectivity index (χ2v) is 7.34. The highest BCUT2D eigenvalue weighted by Gasteiger charge is 2.23. The van der Waals surface area contributed by atoms with Gasteiger partial charge in [0.05, 0.1) is 10.5 Å². The Kier molecular flexibility index (Phi) is 4.50. The van der Waals surface area contributed by atoms with Crippen LogP contribution in [0.3, 0.4) is 0 Å². The molecule has 1 aliphatic heterocycles. The van der Waals surface area contributed by atoms with Crippen LogP contribution in [0.1, 0.15) is 32.8 Å². The number of fused-ring (bicyclic) bond motifs is 1. The number of benzene rings is 1. The summed E-state index contributed by atoms with van der Waals surface area (Å²) in [5.74, 6) is 0. The number of amides is 1. The van der Waals surface area contributed by atoms with Crippen LogP contribution in [0.4, 0.5) is 4.79 Å². The third kappa shape index (κ3) is 3.70. The van der Waals surface area contributed by atoms with Crippen LogP contribution in [-0.4, -0.2) is 34.7 Å². The lowest BCUT2D eigenvalue weighted by Gasteiger charge is -2.29. The summed E-state index contributed by atoms with van der Waals surface area (Å²) in [6.45, 7) is 6.85. The van der Waals surface area contributed by atoms with Crippen molar-refractivity contribution < 1.29 is 9.53 Å². The van der Waals surface area contributed by atoms with Gasteiger partial charge in [-0.1, -0.05) is 29.8 Å². The smallest absolute Gasteiger partial charge is 0.410 e. The van der Waals surface area contributed by atoms with Gasteiger partial charge in [0.15, 0.2) is 0 Å². The Bertz CT molecular complexity index is 809. The molecule has 1 aromatic carbocycles. The van der Waals surface area contributed by atoms with Crippen LogP contribution in [0.2, 0.25) is 5.02 Å². The Morgan fingerprint density at radius 1 is 1.29 bits per heavy atom. The number of pyridine rings is 1. The molecule has 1 aliphatic rings. The molecule has 0 radical (unpaired) electrons. The van der Waals surface area contributed by atoms with Gasteiger partial charge in [0, 0.05) is 24.7 Å². The average Bonchev–Trinajstić information content (AvgIpc) is 2.53. The van der Waals surface area contributed by atoms with E-state index in [0.717, 1.165) is 22.9 Å². The maximum absolute atomic E-state index is 12.1. The van der Waals surface area contributed by atoms with Crippen molar-refractivity contribution in [2.45, 2.75) is 32.8 Å². The highest BCUT2D eigenvalue weighted by atomic mass is 35.5. The van der Waals surface area contributed by atoms with Gasteiger partial charge in [-0.25, -0.2) is 4.79 Å². The first kappa shape index (κ1) is 16.8. The average molecular weight is 345 g/mol. The summed E-state index contributed by atoms with van der Waals surface area (Å²) >= 11 is 6.19. The summed E-state index contributed by atoms with van der Waals surface area (Å²) in [7, 11) is 0. The van der Waals surface area contributed by atoms with Crippen LogP contribution in [0, 0.1) is 0 Å². The van der Waals surface area contributed by atoms with Crippen LogP contribution in [0.5, 0.6) is 0 Å². The summed E-state index contributed by atoms with van der Waals surface area (Å²) < 4.78 is 5.42. The van der Waals surface area contributed by atoms with E-state index < -0.39 is 5.60 Å².